The molecule has 0 spiro atoms. The molecule has 0 amide bonds. The summed E-state index contributed by atoms with van der Waals surface area (Å²) >= 11 is 1.80. The van der Waals surface area contributed by atoms with Crippen molar-refractivity contribution in [3.8, 4) is 0 Å². The van der Waals surface area contributed by atoms with Crippen molar-refractivity contribution in [3.63, 3.8) is 0 Å². The molecule has 1 aliphatic rings. The van der Waals surface area contributed by atoms with Crippen molar-refractivity contribution in [1.29, 1.82) is 0 Å². The molecule has 122 valence electrons. The molecule has 3 rings (SSSR count). The van der Waals surface area contributed by atoms with Gasteiger partial charge in [-0.25, -0.2) is 0 Å². The number of piperidine rings is 1. The van der Waals surface area contributed by atoms with E-state index in [2.05, 4.69) is 71.1 Å². The SMILES string of the molecule is CSc1cccc(NC2CCN(CCc3ccccc3)CC2)c1. The van der Waals surface area contributed by atoms with Gasteiger partial charge in [0.1, 0.15) is 0 Å². The molecule has 2 nitrogen and oxygen atoms in total. The number of nitrogens with zero attached hydrogens (tertiary/aromatic N) is 1. The first-order chi connectivity index (χ1) is 11.3. The molecule has 23 heavy (non-hydrogen) atoms. The molecule has 0 saturated carbocycles. The van der Waals surface area contributed by atoms with Gasteiger partial charge in [-0.15, -0.1) is 11.8 Å². The summed E-state index contributed by atoms with van der Waals surface area (Å²) < 4.78 is 0. The van der Waals surface area contributed by atoms with Gasteiger partial charge in [0.15, 0.2) is 0 Å². The van der Waals surface area contributed by atoms with Gasteiger partial charge in [0, 0.05) is 36.3 Å². The average molecular weight is 327 g/mol. The number of benzene rings is 2. The molecule has 2 aromatic carbocycles. The summed E-state index contributed by atoms with van der Waals surface area (Å²) in [5.74, 6) is 0. The van der Waals surface area contributed by atoms with Gasteiger partial charge in [-0.05, 0) is 49.3 Å². The fourth-order valence-electron chi connectivity index (χ4n) is 3.18. The Labute approximate surface area is 144 Å². The van der Waals surface area contributed by atoms with Crippen LogP contribution in [0.3, 0.4) is 0 Å². The van der Waals surface area contributed by atoms with Gasteiger partial charge < -0.3 is 10.2 Å². The van der Waals surface area contributed by atoms with E-state index in [0.717, 1.165) is 6.42 Å². The second-order valence-corrected chi connectivity index (χ2v) is 7.11. The molecule has 2 aromatic rings. The van der Waals surface area contributed by atoms with E-state index in [1.807, 2.05) is 0 Å². The quantitative estimate of drug-likeness (QED) is 0.785. The van der Waals surface area contributed by atoms with Crippen LogP contribution in [0.2, 0.25) is 0 Å². The summed E-state index contributed by atoms with van der Waals surface area (Å²) in [6.07, 6.45) is 5.76. The van der Waals surface area contributed by atoms with Crippen LogP contribution in [0.25, 0.3) is 0 Å². The molecule has 0 atom stereocenters. The lowest BCUT2D eigenvalue weighted by Crippen LogP contribution is -2.40. The van der Waals surface area contributed by atoms with E-state index in [9.17, 15) is 0 Å². The second-order valence-electron chi connectivity index (χ2n) is 6.23. The van der Waals surface area contributed by atoms with E-state index in [0.29, 0.717) is 6.04 Å². The van der Waals surface area contributed by atoms with Gasteiger partial charge in [-0.1, -0.05) is 36.4 Å². The highest BCUT2D eigenvalue weighted by Gasteiger charge is 2.18. The van der Waals surface area contributed by atoms with Crippen LogP contribution in [0.5, 0.6) is 0 Å². The largest absolute Gasteiger partial charge is 0.382 e. The Hall–Kier alpha value is -1.45. The monoisotopic (exact) mass is 326 g/mol. The number of hydrogen-bond donors (Lipinski definition) is 1. The van der Waals surface area contributed by atoms with E-state index in [1.165, 1.54) is 48.6 Å². The minimum Gasteiger partial charge on any atom is -0.382 e. The zero-order chi connectivity index (χ0) is 15.9. The minimum absolute atomic E-state index is 0.611. The van der Waals surface area contributed by atoms with Crippen LogP contribution in [0.4, 0.5) is 5.69 Å². The van der Waals surface area contributed by atoms with Crippen molar-refractivity contribution >= 4 is 17.4 Å². The second kappa shape index (κ2) is 8.42. The molecular weight excluding hydrogens is 300 g/mol. The van der Waals surface area contributed by atoms with Gasteiger partial charge in [-0.2, -0.15) is 0 Å². The number of anilines is 1. The predicted octanol–water partition coefficient (Wildman–Crippen LogP) is 4.53. The Morgan fingerprint density at radius 1 is 1.04 bits per heavy atom. The fourth-order valence-corrected chi connectivity index (χ4v) is 3.64. The van der Waals surface area contributed by atoms with Crippen LogP contribution in [0.15, 0.2) is 59.5 Å². The lowest BCUT2D eigenvalue weighted by Gasteiger charge is -2.33. The maximum absolute atomic E-state index is 3.71. The highest BCUT2D eigenvalue weighted by Crippen LogP contribution is 2.22. The first-order valence-electron chi connectivity index (χ1n) is 8.50. The van der Waals surface area contributed by atoms with Crippen LogP contribution < -0.4 is 5.32 Å². The fraction of sp³-hybridized carbons (Fsp3) is 0.400. The van der Waals surface area contributed by atoms with E-state index in [1.54, 1.807) is 11.8 Å². The summed E-state index contributed by atoms with van der Waals surface area (Å²) in [7, 11) is 0. The zero-order valence-electron chi connectivity index (χ0n) is 13.9. The van der Waals surface area contributed by atoms with Crippen molar-refractivity contribution in [2.24, 2.45) is 0 Å². The molecule has 0 bridgehead atoms. The van der Waals surface area contributed by atoms with E-state index in [4.69, 9.17) is 0 Å². The summed E-state index contributed by atoms with van der Waals surface area (Å²) in [6, 6.07) is 20.2. The van der Waals surface area contributed by atoms with Crippen LogP contribution in [0.1, 0.15) is 18.4 Å². The maximum Gasteiger partial charge on any atom is 0.0353 e. The molecule has 1 fully saturated rings. The zero-order valence-corrected chi connectivity index (χ0v) is 14.7. The van der Waals surface area contributed by atoms with Gasteiger partial charge in [-0.3, -0.25) is 0 Å². The summed E-state index contributed by atoms with van der Waals surface area (Å²) in [5, 5.41) is 3.71. The first kappa shape index (κ1) is 16.4. The topological polar surface area (TPSA) is 15.3 Å². The third-order valence-electron chi connectivity index (χ3n) is 4.59. The van der Waals surface area contributed by atoms with Crippen LogP contribution in [-0.2, 0) is 6.42 Å². The Bertz CT molecular complexity index is 592. The summed E-state index contributed by atoms with van der Waals surface area (Å²) in [5.41, 5.74) is 2.71. The van der Waals surface area contributed by atoms with Gasteiger partial charge in [0.25, 0.3) is 0 Å². The lowest BCUT2D eigenvalue weighted by molar-refractivity contribution is 0.221. The molecule has 1 aliphatic heterocycles. The Morgan fingerprint density at radius 2 is 1.83 bits per heavy atom. The van der Waals surface area contributed by atoms with Gasteiger partial charge in [0.2, 0.25) is 0 Å². The van der Waals surface area contributed by atoms with Crippen LogP contribution in [-0.4, -0.2) is 36.8 Å². The van der Waals surface area contributed by atoms with Crippen molar-refractivity contribution < 1.29 is 0 Å². The molecule has 0 radical (unpaired) electrons. The number of likely N-dealkylation sites (tertiary alicyclic amines) is 1. The van der Waals surface area contributed by atoms with Gasteiger partial charge in [0.05, 0.1) is 0 Å². The number of hydrogen-bond acceptors (Lipinski definition) is 3. The first-order valence-corrected chi connectivity index (χ1v) is 9.73. The molecule has 3 heteroatoms. The van der Waals surface area contributed by atoms with E-state index in [-0.39, 0.29) is 0 Å². The third-order valence-corrected chi connectivity index (χ3v) is 5.31. The number of rotatable bonds is 6. The smallest absolute Gasteiger partial charge is 0.0353 e. The van der Waals surface area contributed by atoms with Crippen molar-refractivity contribution in [3.05, 3.63) is 60.2 Å². The van der Waals surface area contributed by atoms with Crippen LogP contribution >= 0.6 is 11.8 Å². The molecule has 0 aliphatic carbocycles. The summed E-state index contributed by atoms with van der Waals surface area (Å²) in [4.78, 5) is 3.93. The molecule has 1 heterocycles. The Balaban J connectivity index is 1.43. The third kappa shape index (κ3) is 5.02. The van der Waals surface area contributed by atoms with Gasteiger partial charge >= 0.3 is 0 Å². The molecule has 1 saturated heterocycles. The van der Waals surface area contributed by atoms with E-state index >= 15 is 0 Å². The van der Waals surface area contributed by atoms with Crippen LogP contribution in [0, 0.1) is 0 Å². The Kier molecular flexibility index (Phi) is 6.00. The maximum atomic E-state index is 3.71. The molecule has 0 unspecified atom stereocenters. The lowest BCUT2D eigenvalue weighted by atomic mass is 10.0. The Morgan fingerprint density at radius 3 is 2.57 bits per heavy atom. The minimum atomic E-state index is 0.611. The average Bonchev–Trinajstić information content (AvgIpc) is 2.62. The molecule has 0 aromatic heterocycles. The van der Waals surface area contributed by atoms with Crippen molar-refractivity contribution in [1.82, 2.24) is 4.90 Å². The predicted molar refractivity (Wildman–Crippen MR) is 101 cm³/mol. The highest BCUT2D eigenvalue weighted by molar-refractivity contribution is 7.98. The number of nitrogens with one attached hydrogen (secondary N) is 1. The molecular formula is C20H26N2S. The van der Waals surface area contributed by atoms with Crippen molar-refractivity contribution in [2.75, 3.05) is 31.2 Å². The number of thioether (sulfide) groups is 1. The van der Waals surface area contributed by atoms with E-state index < -0.39 is 0 Å². The van der Waals surface area contributed by atoms with Crippen molar-refractivity contribution in [2.45, 2.75) is 30.2 Å². The highest BCUT2D eigenvalue weighted by atomic mass is 32.2. The standard InChI is InChI=1S/C20H26N2S/c1-23-20-9-5-8-19(16-20)21-18-11-14-22(15-12-18)13-10-17-6-3-2-4-7-17/h2-9,16,18,21H,10-15H2,1H3. The normalized spacial score (nSPS) is 16.4. The molecule has 1 N–H and O–H groups in total. The summed E-state index contributed by atoms with van der Waals surface area (Å²) in [6.45, 7) is 3.58.